The summed E-state index contributed by atoms with van der Waals surface area (Å²) >= 11 is 4.26. The quantitative estimate of drug-likeness (QED) is 0.450. The van der Waals surface area contributed by atoms with Crippen LogP contribution in [-0.2, 0) is 14.8 Å². The molecule has 3 aromatic rings. The van der Waals surface area contributed by atoms with Crippen LogP contribution in [0.1, 0.15) is 49.8 Å². The number of benzene rings is 2. The number of aryl methyl sites for hydroxylation is 1. The summed E-state index contributed by atoms with van der Waals surface area (Å²) in [5.41, 5.74) is 2.58. The number of nitriles is 1. The van der Waals surface area contributed by atoms with Crippen LogP contribution in [0.25, 0.3) is 0 Å². The van der Waals surface area contributed by atoms with E-state index in [9.17, 15) is 18.5 Å². The first-order valence-corrected chi connectivity index (χ1v) is 13.8. The number of halogens is 2. The largest absolute Gasteiger partial charge is 0.333 e. The molecule has 1 amide bonds. The molecular weight excluding hydrogens is 541 g/mol. The molecule has 10 heteroatoms. The van der Waals surface area contributed by atoms with Gasteiger partial charge in [0.1, 0.15) is 11.1 Å². The minimum absolute atomic E-state index is 0.0905. The van der Waals surface area contributed by atoms with Gasteiger partial charge in [-0.05, 0) is 52.2 Å². The highest BCUT2D eigenvalue weighted by Crippen LogP contribution is 2.41. The molecule has 0 unspecified atom stereocenters. The number of hydrogen-bond acceptors (Lipinski definition) is 6. The SMILES string of the molecule is Cc1ccccc1[C@H](C)c1cnc([C@]2(F)CN(C(=O)c3ccc(Br)c(C#N)c3)CCS2(=O)=O)s1. The van der Waals surface area contributed by atoms with Gasteiger partial charge in [0, 0.05) is 33.6 Å². The highest BCUT2D eigenvalue weighted by atomic mass is 79.9. The van der Waals surface area contributed by atoms with E-state index < -0.39 is 33.0 Å². The number of carbonyl (C=O) groups is 1. The van der Waals surface area contributed by atoms with Crippen molar-refractivity contribution in [2.45, 2.75) is 24.8 Å². The minimum atomic E-state index is -4.20. The fourth-order valence-electron chi connectivity index (χ4n) is 4.00. The first-order chi connectivity index (χ1) is 16.1. The van der Waals surface area contributed by atoms with Gasteiger partial charge in [-0.15, -0.1) is 11.3 Å². The molecule has 6 nitrogen and oxygen atoms in total. The Balaban J connectivity index is 1.65. The van der Waals surface area contributed by atoms with Crippen LogP contribution < -0.4 is 0 Å². The molecule has 1 saturated heterocycles. The Kier molecular flexibility index (Phi) is 6.64. The molecule has 1 aliphatic heterocycles. The number of amides is 1. The maximum atomic E-state index is 16.3. The summed E-state index contributed by atoms with van der Waals surface area (Å²) in [5.74, 6) is -1.14. The first-order valence-electron chi connectivity index (χ1n) is 10.5. The standard InChI is InChI=1S/C24H21BrFN3O3S2/c1-15-5-3-4-6-19(15)16(2)21-13-28-23(33-21)24(26)14-29(9-10-34(24,31)32)22(30)17-7-8-20(25)18(11-17)12-27/h3-8,11,13,16H,9-10,14H2,1-2H3/t16-,24-/m0/s1. The smallest absolute Gasteiger partial charge is 0.278 e. The molecule has 176 valence electrons. The Morgan fingerprint density at radius 1 is 1.32 bits per heavy atom. The number of rotatable bonds is 4. The molecule has 4 rings (SSSR count). The van der Waals surface area contributed by atoms with Crippen molar-refractivity contribution in [2.24, 2.45) is 0 Å². The van der Waals surface area contributed by atoms with Gasteiger partial charge in [0.05, 0.1) is 17.9 Å². The predicted octanol–water partition coefficient (Wildman–Crippen LogP) is 4.93. The van der Waals surface area contributed by atoms with E-state index in [1.807, 2.05) is 44.2 Å². The molecule has 2 aromatic carbocycles. The third kappa shape index (κ3) is 4.28. The van der Waals surface area contributed by atoms with E-state index in [2.05, 4.69) is 20.9 Å². The highest BCUT2D eigenvalue weighted by Gasteiger charge is 2.53. The Hall–Kier alpha value is -2.61. The van der Waals surface area contributed by atoms with Crippen LogP contribution in [0.2, 0.25) is 0 Å². The molecule has 2 atom stereocenters. The van der Waals surface area contributed by atoms with Crippen LogP contribution >= 0.6 is 27.3 Å². The minimum Gasteiger partial charge on any atom is -0.333 e. The maximum Gasteiger partial charge on any atom is 0.278 e. The van der Waals surface area contributed by atoms with Gasteiger partial charge in [-0.2, -0.15) is 5.26 Å². The molecule has 0 N–H and O–H groups in total. The van der Waals surface area contributed by atoms with E-state index in [4.69, 9.17) is 0 Å². The molecule has 0 saturated carbocycles. The van der Waals surface area contributed by atoms with Crippen molar-refractivity contribution in [1.29, 1.82) is 5.26 Å². The molecule has 1 aromatic heterocycles. The van der Waals surface area contributed by atoms with Crippen molar-refractivity contribution in [3.63, 3.8) is 0 Å². The van der Waals surface area contributed by atoms with Gasteiger partial charge in [-0.25, -0.2) is 17.8 Å². The maximum absolute atomic E-state index is 16.3. The Morgan fingerprint density at radius 3 is 2.76 bits per heavy atom. The number of hydrogen-bond donors (Lipinski definition) is 0. The lowest BCUT2D eigenvalue weighted by Crippen LogP contribution is -2.53. The summed E-state index contributed by atoms with van der Waals surface area (Å²) in [6, 6.07) is 14.3. The van der Waals surface area contributed by atoms with Crippen LogP contribution in [-0.4, -0.2) is 43.1 Å². The monoisotopic (exact) mass is 561 g/mol. The summed E-state index contributed by atoms with van der Waals surface area (Å²) in [4.78, 5) is 19.2. The van der Waals surface area contributed by atoms with Crippen LogP contribution in [0.15, 0.2) is 53.1 Å². The Morgan fingerprint density at radius 2 is 2.06 bits per heavy atom. The molecule has 0 aliphatic carbocycles. The van der Waals surface area contributed by atoms with E-state index in [0.29, 0.717) is 4.47 Å². The fraction of sp³-hybridized carbons (Fsp3) is 0.292. The molecule has 2 heterocycles. The Bertz CT molecular complexity index is 1420. The van der Waals surface area contributed by atoms with Gasteiger partial charge in [-0.3, -0.25) is 4.79 Å². The van der Waals surface area contributed by atoms with Crippen LogP contribution in [0, 0.1) is 18.3 Å². The van der Waals surface area contributed by atoms with Crippen LogP contribution in [0.3, 0.4) is 0 Å². The second-order valence-electron chi connectivity index (χ2n) is 8.23. The van der Waals surface area contributed by atoms with Crippen LogP contribution in [0.4, 0.5) is 4.39 Å². The molecule has 34 heavy (non-hydrogen) atoms. The molecule has 0 spiro atoms. The average Bonchev–Trinajstić information content (AvgIpc) is 3.32. The van der Waals surface area contributed by atoms with E-state index in [1.54, 1.807) is 6.07 Å². The normalized spacial score (nSPS) is 20.5. The fourth-order valence-corrected chi connectivity index (χ4v) is 7.25. The summed E-state index contributed by atoms with van der Waals surface area (Å²) in [7, 11) is -4.20. The summed E-state index contributed by atoms with van der Waals surface area (Å²) in [6.45, 7) is 3.16. The van der Waals surface area contributed by atoms with Crippen molar-refractivity contribution in [1.82, 2.24) is 9.88 Å². The second-order valence-corrected chi connectivity index (χ2v) is 12.4. The zero-order valence-corrected chi connectivity index (χ0v) is 21.7. The molecular formula is C24H21BrFN3O3S2. The number of sulfone groups is 1. The zero-order valence-electron chi connectivity index (χ0n) is 18.5. The van der Waals surface area contributed by atoms with Gasteiger partial charge < -0.3 is 4.90 Å². The van der Waals surface area contributed by atoms with Crippen molar-refractivity contribution in [2.75, 3.05) is 18.8 Å². The molecule has 0 radical (unpaired) electrons. The predicted molar refractivity (Wildman–Crippen MR) is 132 cm³/mol. The van der Waals surface area contributed by atoms with E-state index in [0.717, 1.165) is 27.3 Å². The summed E-state index contributed by atoms with van der Waals surface area (Å²) < 4.78 is 42.5. The van der Waals surface area contributed by atoms with Gasteiger partial charge in [0.25, 0.3) is 10.9 Å². The molecule has 0 bridgehead atoms. The van der Waals surface area contributed by atoms with E-state index >= 15 is 4.39 Å². The lowest BCUT2D eigenvalue weighted by Gasteiger charge is -2.35. The number of carbonyl (C=O) groups excluding carboxylic acids is 1. The molecule has 1 fully saturated rings. The summed E-state index contributed by atoms with van der Waals surface area (Å²) in [6.07, 6.45) is 1.52. The lowest BCUT2D eigenvalue weighted by molar-refractivity contribution is 0.0666. The first kappa shape index (κ1) is 24.5. The van der Waals surface area contributed by atoms with E-state index in [1.165, 1.54) is 23.2 Å². The van der Waals surface area contributed by atoms with Gasteiger partial charge in [-0.1, -0.05) is 31.2 Å². The number of alkyl halides is 1. The van der Waals surface area contributed by atoms with Crippen molar-refractivity contribution in [3.05, 3.63) is 85.3 Å². The third-order valence-electron chi connectivity index (χ3n) is 6.06. The van der Waals surface area contributed by atoms with Gasteiger partial charge in [0.2, 0.25) is 0 Å². The zero-order chi connectivity index (χ0) is 24.7. The van der Waals surface area contributed by atoms with Crippen molar-refractivity contribution < 1.29 is 17.6 Å². The van der Waals surface area contributed by atoms with E-state index in [-0.39, 0.29) is 28.6 Å². The van der Waals surface area contributed by atoms with Crippen LogP contribution in [0.5, 0.6) is 0 Å². The molecule has 1 aliphatic rings. The third-order valence-corrected chi connectivity index (χ3v) is 10.2. The summed E-state index contributed by atoms with van der Waals surface area (Å²) in [5, 5.41) is 6.26. The van der Waals surface area contributed by atoms with Crippen molar-refractivity contribution in [3.8, 4) is 6.07 Å². The highest BCUT2D eigenvalue weighted by molar-refractivity contribution is 9.10. The Labute approximate surface area is 210 Å². The lowest BCUT2D eigenvalue weighted by atomic mass is 9.96. The number of aromatic nitrogens is 1. The topological polar surface area (TPSA) is 91.1 Å². The van der Waals surface area contributed by atoms with Crippen molar-refractivity contribution >= 4 is 43.0 Å². The second kappa shape index (κ2) is 9.21. The average molecular weight is 562 g/mol. The van der Waals surface area contributed by atoms with Gasteiger partial charge in [0.15, 0.2) is 9.84 Å². The number of nitrogens with zero attached hydrogens (tertiary/aromatic N) is 3. The number of thiazole rings is 1. The van der Waals surface area contributed by atoms with Gasteiger partial charge >= 0.3 is 0 Å².